The molecule has 0 bridgehead atoms. The number of hydrogen-bond donors (Lipinski definition) is 1. The van der Waals surface area contributed by atoms with Gasteiger partial charge in [0.05, 0.1) is 6.61 Å². The molecule has 6 heteroatoms. The molecule has 18 heavy (non-hydrogen) atoms. The summed E-state index contributed by atoms with van der Waals surface area (Å²) >= 11 is 0. The molecule has 0 saturated heterocycles. The third-order valence-corrected chi connectivity index (χ3v) is 4.52. The summed E-state index contributed by atoms with van der Waals surface area (Å²) in [7, 11) is -1.80. The SMILES string of the molecule is C=CCN(CCC)S(=O)(=O)c1cc(CO)n(C)c1. The Morgan fingerprint density at radius 3 is 2.67 bits per heavy atom. The highest BCUT2D eigenvalue weighted by Gasteiger charge is 2.24. The van der Waals surface area contributed by atoms with Crippen LogP contribution in [0, 0.1) is 0 Å². The van der Waals surface area contributed by atoms with Crippen molar-refractivity contribution in [2.45, 2.75) is 24.8 Å². The maximum atomic E-state index is 12.4. The summed E-state index contributed by atoms with van der Waals surface area (Å²) in [5, 5.41) is 9.10. The maximum Gasteiger partial charge on any atom is 0.244 e. The number of sulfonamides is 1. The second kappa shape index (κ2) is 6.17. The highest BCUT2D eigenvalue weighted by molar-refractivity contribution is 7.89. The lowest BCUT2D eigenvalue weighted by Crippen LogP contribution is -2.31. The van der Waals surface area contributed by atoms with E-state index in [-0.39, 0.29) is 11.5 Å². The molecule has 0 aliphatic heterocycles. The lowest BCUT2D eigenvalue weighted by atomic mass is 10.4. The first-order chi connectivity index (χ1) is 8.47. The number of aryl methyl sites for hydroxylation is 1. The summed E-state index contributed by atoms with van der Waals surface area (Å²) in [6, 6.07) is 1.50. The third kappa shape index (κ3) is 3.01. The number of aliphatic hydroxyl groups excluding tert-OH is 1. The third-order valence-electron chi connectivity index (χ3n) is 2.69. The van der Waals surface area contributed by atoms with Crippen molar-refractivity contribution < 1.29 is 13.5 Å². The van der Waals surface area contributed by atoms with E-state index in [9.17, 15) is 8.42 Å². The van der Waals surface area contributed by atoms with Gasteiger partial charge in [0.1, 0.15) is 4.90 Å². The van der Waals surface area contributed by atoms with Crippen molar-refractivity contribution in [1.82, 2.24) is 8.87 Å². The van der Waals surface area contributed by atoms with Crippen LogP contribution in [0.4, 0.5) is 0 Å². The Hall–Kier alpha value is -1.11. The highest BCUT2D eigenvalue weighted by Crippen LogP contribution is 2.18. The average Bonchev–Trinajstić information content (AvgIpc) is 2.71. The predicted octanol–water partition coefficient (Wildman–Crippen LogP) is 1.10. The fourth-order valence-electron chi connectivity index (χ4n) is 1.73. The van der Waals surface area contributed by atoms with Gasteiger partial charge >= 0.3 is 0 Å². The summed E-state index contributed by atoms with van der Waals surface area (Å²) in [6.45, 7) is 6.07. The Labute approximate surface area is 108 Å². The van der Waals surface area contributed by atoms with Gasteiger partial charge < -0.3 is 9.67 Å². The molecule has 1 heterocycles. The summed E-state index contributed by atoms with van der Waals surface area (Å²) < 4.78 is 27.8. The van der Waals surface area contributed by atoms with E-state index >= 15 is 0 Å². The van der Waals surface area contributed by atoms with Gasteiger partial charge in [-0.3, -0.25) is 0 Å². The number of hydrogen-bond acceptors (Lipinski definition) is 3. The molecule has 102 valence electrons. The van der Waals surface area contributed by atoms with Crippen molar-refractivity contribution in [3.05, 3.63) is 30.6 Å². The van der Waals surface area contributed by atoms with Gasteiger partial charge in [-0.25, -0.2) is 8.42 Å². The normalized spacial score (nSPS) is 12.0. The van der Waals surface area contributed by atoms with Gasteiger partial charge in [-0.2, -0.15) is 4.31 Å². The van der Waals surface area contributed by atoms with Gasteiger partial charge in [0, 0.05) is 32.0 Å². The van der Waals surface area contributed by atoms with Gasteiger partial charge in [0.25, 0.3) is 0 Å². The van der Waals surface area contributed by atoms with Crippen LogP contribution in [0.5, 0.6) is 0 Å². The van der Waals surface area contributed by atoms with Crippen LogP contribution >= 0.6 is 0 Å². The van der Waals surface area contributed by atoms with E-state index in [4.69, 9.17) is 5.11 Å². The monoisotopic (exact) mass is 272 g/mol. The Bertz CT molecular complexity index is 505. The summed E-state index contributed by atoms with van der Waals surface area (Å²) in [4.78, 5) is 0.212. The minimum atomic E-state index is -3.51. The summed E-state index contributed by atoms with van der Waals surface area (Å²) in [6.07, 6.45) is 3.84. The van der Waals surface area contributed by atoms with Gasteiger partial charge in [-0.1, -0.05) is 13.0 Å². The van der Waals surface area contributed by atoms with Crippen LogP contribution in [0.3, 0.4) is 0 Å². The zero-order valence-corrected chi connectivity index (χ0v) is 11.7. The van der Waals surface area contributed by atoms with Crippen LogP contribution in [0.25, 0.3) is 0 Å². The van der Waals surface area contributed by atoms with E-state index in [2.05, 4.69) is 6.58 Å². The molecule has 1 N–H and O–H groups in total. The first-order valence-corrected chi connectivity index (χ1v) is 7.28. The summed E-state index contributed by atoms with van der Waals surface area (Å²) in [5.41, 5.74) is 0.573. The number of rotatable bonds is 7. The van der Waals surface area contributed by atoms with E-state index in [1.54, 1.807) is 17.7 Å². The molecule has 0 spiro atoms. The predicted molar refractivity (Wildman–Crippen MR) is 70.6 cm³/mol. The minimum absolute atomic E-state index is 0.179. The number of aromatic nitrogens is 1. The molecular formula is C12H20N2O3S. The van der Waals surface area contributed by atoms with Gasteiger partial charge in [0.15, 0.2) is 0 Å². The van der Waals surface area contributed by atoms with Crippen LogP contribution in [-0.4, -0.2) is 35.5 Å². The Kier molecular flexibility index (Phi) is 5.13. The standard InChI is InChI=1S/C12H20N2O3S/c1-4-6-14(7-5-2)18(16,17)12-8-11(10-15)13(3)9-12/h4,8-9,15H,1,5-7,10H2,2-3H3. The number of aliphatic hydroxyl groups is 1. The average molecular weight is 272 g/mol. The lowest BCUT2D eigenvalue weighted by Gasteiger charge is -2.18. The van der Waals surface area contributed by atoms with Crippen molar-refractivity contribution in [3.63, 3.8) is 0 Å². The molecular weight excluding hydrogens is 252 g/mol. The first kappa shape index (κ1) is 14.9. The van der Waals surface area contributed by atoms with E-state index in [0.29, 0.717) is 18.8 Å². The quantitative estimate of drug-likeness (QED) is 0.756. The molecule has 0 aliphatic rings. The molecule has 0 saturated carbocycles. The first-order valence-electron chi connectivity index (χ1n) is 5.84. The molecule has 0 radical (unpaired) electrons. The molecule has 1 aromatic rings. The Morgan fingerprint density at radius 1 is 1.56 bits per heavy atom. The molecule has 1 rings (SSSR count). The van der Waals surface area contributed by atoms with Crippen LogP contribution in [0.2, 0.25) is 0 Å². The van der Waals surface area contributed by atoms with Gasteiger partial charge in [-0.05, 0) is 12.5 Å². The fraction of sp³-hybridized carbons (Fsp3) is 0.500. The lowest BCUT2D eigenvalue weighted by molar-refractivity contribution is 0.272. The largest absolute Gasteiger partial charge is 0.390 e. The van der Waals surface area contributed by atoms with E-state index in [0.717, 1.165) is 6.42 Å². The molecule has 0 fully saturated rings. The molecule has 5 nitrogen and oxygen atoms in total. The molecule has 0 atom stereocenters. The smallest absolute Gasteiger partial charge is 0.244 e. The van der Waals surface area contributed by atoms with Crippen molar-refractivity contribution >= 4 is 10.0 Å². The van der Waals surface area contributed by atoms with Crippen molar-refractivity contribution in [1.29, 1.82) is 0 Å². The Morgan fingerprint density at radius 2 is 2.22 bits per heavy atom. The van der Waals surface area contributed by atoms with Crippen molar-refractivity contribution in [2.24, 2.45) is 7.05 Å². The van der Waals surface area contributed by atoms with Crippen molar-refractivity contribution in [3.8, 4) is 0 Å². The molecule has 0 aromatic carbocycles. The van der Waals surface area contributed by atoms with Crippen LogP contribution < -0.4 is 0 Å². The van der Waals surface area contributed by atoms with Crippen LogP contribution in [0.1, 0.15) is 19.0 Å². The highest BCUT2D eigenvalue weighted by atomic mass is 32.2. The van der Waals surface area contributed by atoms with E-state index in [1.165, 1.54) is 16.6 Å². The van der Waals surface area contributed by atoms with Crippen LogP contribution in [0.15, 0.2) is 29.8 Å². The molecule has 0 amide bonds. The van der Waals surface area contributed by atoms with Crippen LogP contribution in [-0.2, 0) is 23.7 Å². The van der Waals surface area contributed by atoms with E-state index < -0.39 is 10.0 Å². The second-order valence-corrected chi connectivity index (χ2v) is 6.03. The zero-order valence-electron chi connectivity index (χ0n) is 10.8. The summed E-state index contributed by atoms with van der Waals surface area (Å²) in [5.74, 6) is 0. The minimum Gasteiger partial charge on any atom is -0.390 e. The maximum absolute atomic E-state index is 12.4. The fourth-order valence-corrected chi connectivity index (χ4v) is 3.33. The second-order valence-electron chi connectivity index (χ2n) is 4.09. The van der Waals surface area contributed by atoms with E-state index in [1.807, 2.05) is 6.92 Å². The van der Waals surface area contributed by atoms with Gasteiger partial charge in [0.2, 0.25) is 10.0 Å². The number of nitrogens with zero attached hydrogens (tertiary/aromatic N) is 2. The Balaban J connectivity index is 3.12. The molecule has 0 unspecified atom stereocenters. The molecule has 0 aliphatic carbocycles. The topological polar surface area (TPSA) is 62.5 Å². The van der Waals surface area contributed by atoms with Gasteiger partial charge in [-0.15, -0.1) is 6.58 Å². The zero-order chi connectivity index (χ0) is 13.8. The molecule has 1 aromatic heterocycles. The van der Waals surface area contributed by atoms with Crippen molar-refractivity contribution in [2.75, 3.05) is 13.1 Å².